The van der Waals surface area contributed by atoms with Crippen LogP contribution >= 0.6 is 24.8 Å². The zero-order chi connectivity index (χ0) is 17.4. The number of carbonyl (C=O) groups excluding carboxylic acids is 1. The van der Waals surface area contributed by atoms with Crippen LogP contribution in [0.3, 0.4) is 0 Å². The molecule has 27 heavy (non-hydrogen) atoms. The van der Waals surface area contributed by atoms with Gasteiger partial charge < -0.3 is 15.1 Å². The zero-order valence-corrected chi connectivity index (χ0v) is 16.8. The summed E-state index contributed by atoms with van der Waals surface area (Å²) >= 11 is 0. The molecule has 0 radical (unpaired) electrons. The second-order valence-electron chi connectivity index (χ2n) is 6.69. The van der Waals surface area contributed by atoms with Crippen molar-refractivity contribution in [3.63, 3.8) is 0 Å². The highest BCUT2D eigenvalue weighted by Gasteiger charge is 2.21. The summed E-state index contributed by atoms with van der Waals surface area (Å²) < 4.78 is 7.30. The average molecular weight is 412 g/mol. The number of nitrogens with one attached hydrogen (secondary N) is 2. The Bertz CT molecular complexity index is 904. The second kappa shape index (κ2) is 8.73. The van der Waals surface area contributed by atoms with Crippen LogP contribution in [0.4, 0.5) is 0 Å². The molecule has 1 aliphatic heterocycles. The third-order valence-corrected chi connectivity index (χ3v) is 4.49. The highest BCUT2D eigenvalue weighted by Crippen LogP contribution is 2.26. The van der Waals surface area contributed by atoms with Crippen LogP contribution in [-0.2, 0) is 0 Å². The molecule has 1 saturated heterocycles. The molecule has 1 amide bonds. The van der Waals surface area contributed by atoms with Crippen molar-refractivity contribution in [1.82, 2.24) is 25.4 Å². The van der Waals surface area contributed by atoms with Gasteiger partial charge in [0.25, 0.3) is 5.91 Å². The van der Waals surface area contributed by atoms with Gasteiger partial charge in [-0.05, 0) is 32.0 Å². The molecule has 0 unspecified atom stereocenters. The Morgan fingerprint density at radius 2 is 2.19 bits per heavy atom. The van der Waals surface area contributed by atoms with Crippen LogP contribution in [0.15, 0.2) is 35.1 Å². The molecule has 0 atom stereocenters. The van der Waals surface area contributed by atoms with Crippen LogP contribution in [0.2, 0.25) is 0 Å². The molecule has 4 rings (SSSR count). The van der Waals surface area contributed by atoms with Crippen molar-refractivity contribution in [2.45, 2.75) is 19.9 Å². The van der Waals surface area contributed by atoms with Gasteiger partial charge in [0.2, 0.25) is 0 Å². The van der Waals surface area contributed by atoms with Crippen molar-refractivity contribution in [2.24, 2.45) is 5.92 Å². The monoisotopic (exact) mass is 411 g/mol. The zero-order valence-electron chi connectivity index (χ0n) is 15.1. The van der Waals surface area contributed by atoms with Crippen molar-refractivity contribution >= 4 is 41.8 Å². The first-order chi connectivity index (χ1) is 12.1. The maximum absolute atomic E-state index is 12.8. The summed E-state index contributed by atoms with van der Waals surface area (Å²) in [6, 6.07) is 5.58. The Balaban J connectivity index is 0.00000131. The summed E-state index contributed by atoms with van der Waals surface area (Å²) in [5.74, 6) is 1.04. The summed E-state index contributed by atoms with van der Waals surface area (Å²) in [7, 11) is 0. The van der Waals surface area contributed by atoms with E-state index in [9.17, 15) is 4.79 Å². The Kier molecular flexibility index (Phi) is 6.86. The van der Waals surface area contributed by atoms with Gasteiger partial charge in [-0.2, -0.15) is 5.10 Å². The fraction of sp³-hybridized carbons (Fsp3) is 0.389. The van der Waals surface area contributed by atoms with Gasteiger partial charge in [-0.25, -0.2) is 9.67 Å². The van der Waals surface area contributed by atoms with Gasteiger partial charge in [0.1, 0.15) is 5.69 Å². The van der Waals surface area contributed by atoms with Gasteiger partial charge >= 0.3 is 0 Å². The van der Waals surface area contributed by atoms with E-state index in [1.807, 2.05) is 30.7 Å². The number of amides is 1. The summed E-state index contributed by atoms with van der Waals surface area (Å²) in [5, 5.41) is 11.4. The van der Waals surface area contributed by atoms with Crippen LogP contribution in [0.25, 0.3) is 22.5 Å². The lowest BCUT2D eigenvalue weighted by Crippen LogP contribution is -2.48. The fourth-order valence-electron chi connectivity index (χ4n) is 2.96. The van der Waals surface area contributed by atoms with Crippen LogP contribution in [0, 0.1) is 5.92 Å². The van der Waals surface area contributed by atoms with E-state index in [1.54, 1.807) is 18.5 Å². The molecule has 3 aromatic rings. The summed E-state index contributed by atoms with van der Waals surface area (Å²) in [6.07, 6.45) is 3.32. The highest BCUT2D eigenvalue weighted by atomic mass is 35.5. The van der Waals surface area contributed by atoms with E-state index in [4.69, 9.17) is 4.42 Å². The number of aromatic nitrogens is 3. The first kappa shape index (κ1) is 21.2. The number of hydrogen-bond donors (Lipinski definition) is 2. The Morgan fingerprint density at radius 1 is 1.41 bits per heavy atom. The number of furan rings is 1. The van der Waals surface area contributed by atoms with Crippen molar-refractivity contribution in [3.05, 3.63) is 36.2 Å². The van der Waals surface area contributed by atoms with Crippen molar-refractivity contribution in [3.8, 4) is 11.5 Å². The summed E-state index contributed by atoms with van der Waals surface area (Å²) in [6.45, 7) is 6.65. The highest BCUT2D eigenvalue weighted by molar-refractivity contribution is 6.06. The normalized spacial score (nSPS) is 13.7. The molecule has 146 valence electrons. The number of hydrogen-bond acceptors (Lipinski definition) is 5. The Morgan fingerprint density at radius 3 is 2.78 bits per heavy atom. The lowest BCUT2D eigenvalue weighted by Gasteiger charge is -2.27. The van der Waals surface area contributed by atoms with Gasteiger partial charge in [0, 0.05) is 31.6 Å². The third kappa shape index (κ3) is 4.10. The second-order valence-corrected chi connectivity index (χ2v) is 6.69. The van der Waals surface area contributed by atoms with Gasteiger partial charge in [-0.3, -0.25) is 4.79 Å². The molecular formula is C18H23Cl2N5O2. The standard InChI is InChI=1S/C18H21N5O2.2ClH/c1-11(2)23-17-14(10-21-23)13(18(24)20-9-12-7-19-8-12)6-15(22-17)16-4-3-5-25-16;;/h3-6,10-12,19H,7-9H2,1-2H3,(H,20,24);2*1H. The first-order valence-electron chi connectivity index (χ1n) is 8.54. The quantitative estimate of drug-likeness (QED) is 0.673. The smallest absolute Gasteiger partial charge is 0.252 e. The molecule has 0 aromatic carbocycles. The minimum absolute atomic E-state index is 0. The van der Waals surface area contributed by atoms with E-state index in [0.29, 0.717) is 35.1 Å². The largest absolute Gasteiger partial charge is 0.463 e. The molecule has 7 nitrogen and oxygen atoms in total. The minimum atomic E-state index is -0.101. The van der Waals surface area contributed by atoms with Crippen molar-refractivity contribution in [2.75, 3.05) is 19.6 Å². The molecule has 2 N–H and O–H groups in total. The third-order valence-electron chi connectivity index (χ3n) is 4.49. The number of nitrogens with zero attached hydrogens (tertiary/aromatic N) is 3. The predicted octanol–water partition coefficient (Wildman–Crippen LogP) is 3.07. The maximum atomic E-state index is 12.8. The molecule has 3 aromatic heterocycles. The predicted molar refractivity (Wildman–Crippen MR) is 109 cm³/mol. The van der Waals surface area contributed by atoms with E-state index in [1.165, 1.54) is 0 Å². The summed E-state index contributed by atoms with van der Waals surface area (Å²) in [4.78, 5) is 17.5. The fourth-order valence-corrected chi connectivity index (χ4v) is 2.96. The molecule has 0 saturated carbocycles. The van der Waals surface area contributed by atoms with E-state index < -0.39 is 0 Å². The molecule has 0 spiro atoms. The van der Waals surface area contributed by atoms with Crippen LogP contribution in [0.5, 0.6) is 0 Å². The Hall–Kier alpha value is -2.09. The molecular weight excluding hydrogens is 389 g/mol. The van der Waals surface area contributed by atoms with Crippen molar-refractivity contribution < 1.29 is 9.21 Å². The van der Waals surface area contributed by atoms with Gasteiger partial charge in [-0.15, -0.1) is 24.8 Å². The SMILES string of the molecule is CC(C)n1ncc2c(C(=O)NCC3CNC3)cc(-c3ccco3)nc21.Cl.Cl. The molecule has 1 fully saturated rings. The van der Waals surface area contributed by atoms with Gasteiger partial charge in [0.15, 0.2) is 11.4 Å². The number of halogens is 2. The number of carbonyl (C=O) groups is 1. The molecule has 1 aliphatic rings. The summed E-state index contributed by atoms with van der Waals surface area (Å²) in [5.41, 5.74) is 1.91. The lowest BCUT2D eigenvalue weighted by atomic mass is 10.0. The molecule has 0 bridgehead atoms. The van der Waals surface area contributed by atoms with E-state index >= 15 is 0 Å². The topological polar surface area (TPSA) is 85.0 Å². The molecule has 9 heteroatoms. The average Bonchev–Trinajstić information content (AvgIpc) is 3.21. The van der Waals surface area contributed by atoms with Gasteiger partial charge in [0.05, 0.1) is 23.4 Å². The van der Waals surface area contributed by atoms with E-state index in [2.05, 4.69) is 20.7 Å². The number of fused-ring (bicyclic) bond motifs is 1. The van der Waals surface area contributed by atoms with Crippen molar-refractivity contribution in [1.29, 1.82) is 0 Å². The Labute approximate surface area is 169 Å². The van der Waals surface area contributed by atoms with E-state index in [0.717, 1.165) is 18.5 Å². The van der Waals surface area contributed by atoms with Gasteiger partial charge in [-0.1, -0.05) is 0 Å². The van der Waals surface area contributed by atoms with Crippen LogP contribution < -0.4 is 10.6 Å². The maximum Gasteiger partial charge on any atom is 0.252 e. The van der Waals surface area contributed by atoms with Crippen LogP contribution in [0.1, 0.15) is 30.2 Å². The van der Waals surface area contributed by atoms with E-state index in [-0.39, 0.29) is 36.8 Å². The first-order valence-corrected chi connectivity index (χ1v) is 8.54. The van der Waals surface area contributed by atoms with Crippen LogP contribution in [-0.4, -0.2) is 40.3 Å². The number of rotatable bonds is 5. The minimum Gasteiger partial charge on any atom is -0.463 e. The molecule has 0 aliphatic carbocycles. The molecule has 4 heterocycles. The number of pyridine rings is 1. The lowest BCUT2D eigenvalue weighted by molar-refractivity contribution is 0.0944.